The first-order valence-corrected chi connectivity index (χ1v) is 5.57. The molecule has 0 aromatic rings. The molecule has 0 fully saturated rings. The van der Waals surface area contributed by atoms with Crippen molar-refractivity contribution in [1.82, 2.24) is 5.32 Å². The smallest absolute Gasteiger partial charge is 0.220 e. The second kappa shape index (κ2) is 6.46. The number of nitrogens with one attached hydrogen (secondary N) is 1. The lowest BCUT2D eigenvalue weighted by atomic mass is 10.1. The van der Waals surface area contributed by atoms with Crippen LogP contribution in [0.3, 0.4) is 0 Å². The van der Waals surface area contributed by atoms with Gasteiger partial charge in [-0.1, -0.05) is 36.7 Å². The lowest BCUT2D eigenvalue weighted by Gasteiger charge is -2.14. The first-order chi connectivity index (χ1) is 5.60. The van der Waals surface area contributed by atoms with Crippen LogP contribution in [0.2, 0.25) is 0 Å². The van der Waals surface area contributed by atoms with Gasteiger partial charge in [0, 0.05) is 17.8 Å². The number of rotatable bonds is 5. The van der Waals surface area contributed by atoms with Gasteiger partial charge >= 0.3 is 0 Å². The number of carbonyl (C=O) groups is 1. The highest BCUT2D eigenvalue weighted by Gasteiger charge is 2.09. The van der Waals surface area contributed by atoms with E-state index in [0.29, 0.717) is 12.3 Å². The van der Waals surface area contributed by atoms with E-state index in [9.17, 15) is 4.79 Å². The van der Waals surface area contributed by atoms with Crippen LogP contribution in [0.1, 0.15) is 33.6 Å². The summed E-state index contributed by atoms with van der Waals surface area (Å²) >= 11 is 3.36. The molecule has 0 saturated carbocycles. The van der Waals surface area contributed by atoms with Crippen LogP contribution in [0.5, 0.6) is 0 Å². The predicted octanol–water partition coefficient (Wildman–Crippen LogP) is 2.32. The molecule has 3 heteroatoms. The molecule has 0 saturated heterocycles. The summed E-state index contributed by atoms with van der Waals surface area (Å²) in [6, 6.07) is 0.288. The Morgan fingerprint density at radius 2 is 2.08 bits per heavy atom. The summed E-state index contributed by atoms with van der Waals surface area (Å²) in [4.78, 5) is 11.2. The SMILES string of the molecule is CCC(CBr)NC(=O)CC(C)C. The maximum atomic E-state index is 11.2. The Morgan fingerprint density at radius 3 is 2.42 bits per heavy atom. The van der Waals surface area contributed by atoms with E-state index in [1.54, 1.807) is 0 Å². The van der Waals surface area contributed by atoms with Gasteiger partial charge in [-0.15, -0.1) is 0 Å². The molecule has 72 valence electrons. The van der Waals surface area contributed by atoms with Gasteiger partial charge < -0.3 is 5.32 Å². The van der Waals surface area contributed by atoms with Crippen LogP contribution in [0, 0.1) is 5.92 Å². The minimum Gasteiger partial charge on any atom is -0.353 e. The van der Waals surface area contributed by atoms with E-state index in [1.807, 2.05) is 0 Å². The van der Waals surface area contributed by atoms with Gasteiger partial charge in [0.25, 0.3) is 0 Å². The third kappa shape index (κ3) is 5.58. The van der Waals surface area contributed by atoms with E-state index in [1.165, 1.54) is 0 Å². The van der Waals surface area contributed by atoms with E-state index in [2.05, 4.69) is 42.0 Å². The van der Waals surface area contributed by atoms with E-state index in [0.717, 1.165) is 11.8 Å². The van der Waals surface area contributed by atoms with Crippen LogP contribution in [-0.2, 0) is 4.79 Å². The molecule has 0 aliphatic carbocycles. The van der Waals surface area contributed by atoms with Crippen LogP contribution in [0.15, 0.2) is 0 Å². The number of hydrogen-bond donors (Lipinski definition) is 1. The lowest BCUT2D eigenvalue weighted by molar-refractivity contribution is -0.122. The third-order valence-corrected chi connectivity index (χ3v) is 2.42. The summed E-state index contributed by atoms with van der Waals surface area (Å²) in [6.07, 6.45) is 1.61. The Hall–Kier alpha value is -0.0500. The van der Waals surface area contributed by atoms with Crippen molar-refractivity contribution in [3.8, 4) is 0 Å². The van der Waals surface area contributed by atoms with Crippen LogP contribution in [-0.4, -0.2) is 17.3 Å². The molecule has 0 spiro atoms. The van der Waals surface area contributed by atoms with Gasteiger partial charge in [0.05, 0.1) is 0 Å². The van der Waals surface area contributed by atoms with Crippen LogP contribution < -0.4 is 5.32 Å². The predicted molar refractivity (Wildman–Crippen MR) is 55.5 cm³/mol. The molecule has 0 aromatic carbocycles. The second-order valence-corrected chi connectivity index (χ2v) is 4.07. The summed E-state index contributed by atoms with van der Waals surface area (Å²) in [6.45, 7) is 6.17. The third-order valence-electron chi connectivity index (χ3n) is 1.64. The number of halogens is 1. The fourth-order valence-electron chi connectivity index (χ4n) is 0.907. The molecule has 1 unspecified atom stereocenters. The molecule has 0 heterocycles. The van der Waals surface area contributed by atoms with Gasteiger partial charge in [0.1, 0.15) is 0 Å². The quantitative estimate of drug-likeness (QED) is 0.729. The maximum absolute atomic E-state index is 11.2. The first kappa shape index (κ1) is 11.9. The summed E-state index contributed by atoms with van der Waals surface area (Å²) < 4.78 is 0. The Kier molecular flexibility index (Phi) is 6.44. The van der Waals surface area contributed by atoms with E-state index in [4.69, 9.17) is 0 Å². The highest BCUT2D eigenvalue weighted by molar-refractivity contribution is 9.09. The molecule has 1 amide bonds. The van der Waals surface area contributed by atoms with Crippen molar-refractivity contribution >= 4 is 21.8 Å². The monoisotopic (exact) mass is 235 g/mol. The summed E-state index contributed by atoms with van der Waals surface area (Å²) in [5.74, 6) is 0.606. The van der Waals surface area contributed by atoms with Crippen molar-refractivity contribution in [1.29, 1.82) is 0 Å². The number of amides is 1. The summed E-state index contributed by atoms with van der Waals surface area (Å²) in [5, 5.41) is 3.80. The zero-order chi connectivity index (χ0) is 9.56. The zero-order valence-electron chi connectivity index (χ0n) is 8.06. The van der Waals surface area contributed by atoms with Crippen molar-refractivity contribution < 1.29 is 4.79 Å². The van der Waals surface area contributed by atoms with E-state index in [-0.39, 0.29) is 11.9 Å². The molecule has 2 nitrogen and oxygen atoms in total. The van der Waals surface area contributed by atoms with Gasteiger partial charge in [-0.3, -0.25) is 4.79 Å². The summed E-state index contributed by atoms with van der Waals surface area (Å²) in [7, 11) is 0. The molecule has 12 heavy (non-hydrogen) atoms. The number of hydrogen-bond acceptors (Lipinski definition) is 1. The Morgan fingerprint density at radius 1 is 1.50 bits per heavy atom. The van der Waals surface area contributed by atoms with Crippen LogP contribution >= 0.6 is 15.9 Å². The molecule has 0 aliphatic rings. The lowest BCUT2D eigenvalue weighted by Crippen LogP contribution is -2.35. The molecule has 0 radical (unpaired) electrons. The largest absolute Gasteiger partial charge is 0.353 e. The average molecular weight is 236 g/mol. The summed E-state index contributed by atoms with van der Waals surface area (Å²) in [5.41, 5.74) is 0. The van der Waals surface area contributed by atoms with Crippen molar-refractivity contribution in [2.24, 2.45) is 5.92 Å². The standard InChI is InChI=1S/C9H18BrNO/c1-4-8(6-10)11-9(12)5-7(2)3/h7-8H,4-6H2,1-3H3,(H,11,12). The second-order valence-electron chi connectivity index (χ2n) is 3.42. The van der Waals surface area contributed by atoms with Crippen molar-refractivity contribution in [2.45, 2.75) is 39.7 Å². The average Bonchev–Trinajstić information content (AvgIpc) is 1.98. The topological polar surface area (TPSA) is 29.1 Å². The van der Waals surface area contributed by atoms with Crippen molar-refractivity contribution in [2.75, 3.05) is 5.33 Å². The van der Waals surface area contributed by atoms with Gasteiger partial charge in [0.2, 0.25) is 5.91 Å². The van der Waals surface area contributed by atoms with Gasteiger partial charge in [-0.25, -0.2) is 0 Å². The minimum atomic E-state index is 0.163. The van der Waals surface area contributed by atoms with Gasteiger partial charge in [0.15, 0.2) is 0 Å². The van der Waals surface area contributed by atoms with Gasteiger partial charge in [-0.2, -0.15) is 0 Å². The highest BCUT2D eigenvalue weighted by Crippen LogP contribution is 2.01. The number of alkyl halides is 1. The highest BCUT2D eigenvalue weighted by atomic mass is 79.9. The molecule has 0 rings (SSSR count). The van der Waals surface area contributed by atoms with Gasteiger partial charge in [-0.05, 0) is 12.3 Å². The Bertz CT molecular complexity index is 132. The molecule has 0 bridgehead atoms. The molecule has 1 atom stereocenters. The van der Waals surface area contributed by atoms with E-state index < -0.39 is 0 Å². The molecule has 0 aromatic heterocycles. The fraction of sp³-hybridized carbons (Fsp3) is 0.889. The molecule has 0 aliphatic heterocycles. The molecular weight excluding hydrogens is 218 g/mol. The normalized spacial score (nSPS) is 13.1. The molecule has 1 N–H and O–H groups in total. The Balaban J connectivity index is 3.66. The fourth-order valence-corrected chi connectivity index (χ4v) is 1.53. The first-order valence-electron chi connectivity index (χ1n) is 4.45. The zero-order valence-corrected chi connectivity index (χ0v) is 9.65. The Labute approximate surface area is 83.2 Å². The van der Waals surface area contributed by atoms with Crippen LogP contribution in [0.25, 0.3) is 0 Å². The molecular formula is C9H18BrNO. The minimum absolute atomic E-state index is 0.163. The maximum Gasteiger partial charge on any atom is 0.220 e. The van der Waals surface area contributed by atoms with E-state index >= 15 is 0 Å². The number of carbonyl (C=O) groups excluding carboxylic acids is 1. The van der Waals surface area contributed by atoms with Crippen LogP contribution in [0.4, 0.5) is 0 Å². The van der Waals surface area contributed by atoms with Crippen molar-refractivity contribution in [3.05, 3.63) is 0 Å². The van der Waals surface area contributed by atoms with Crippen molar-refractivity contribution in [3.63, 3.8) is 0 Å².